The fraction of sp³-hybridized carbons (Fsp3) is 0.238. The lowest BCUT2D eigenvalue weighted by atomic mass is 10.1. The van der Waals surface area contributed by atoms with Crippen molar-refractivity contribution >= 4 is 28.7 Å². The third-order valence-electron chi connectivity index (χ3n) is 4.60. The summed E-state index contributed by atoms with van der Waals surface area (Å²) in [5.74, 6) is 1.47. The Morgan fingerprint density at radius 2 is 1.85 bits per heavy atom. The van der Waals surface area contributed by atoms with Crippen molar-refractivity contribution in [1.82, 2.24) is 14.5 Å². The largest absolute Gasteiger partial charge is 0.376 e. The van der Waals surface area contributed by atoms with Crippen molar-refractivity contribution in [2.45, 2.75) is 13.5 Å². The van der Waals surface area contributed by atoms with Crippen molar-refractivity contribution in [3.63, 3.8) is 0 Å². The number of rotatable bonds is 6. The highest BCUT2D eigenvalue weighted by molar-refractivity contribution is 5.83. The summed E-state index contributed by atoms with van der Waals surface area (Å²) in [6, 6.07) is 14.8. The summed E-state index contributed by atoms with van der Waals surface area (Å²) in [4.78, 5) is 19.4. The number of carbonyl (C=O) groups is 1. The molecular formula is C21H24N4O. The monoisotopic (exact) mass is 348 g/mol. The predicted molar refractivity (Wildman–Crippen MR) is 107 cm³/mol. The first-order valence-electron chi connectivity index (χ1n) is 8.52. The third kappa shape index (κ3) is 3.20. The Hall–Kier alpha value is -3.08. The molecular weight excluding hydrogens is 324 g/mol. The van der Waals surface area contributed by atoms with Gasteiger partial charge >= 0.3 is 0 Å². The number of hydrogen-bond acceptors (Lipinski definition) is 3. The van der Waals surface area contributed by atoms with Gasteiger partial charge in [-0.25, -0.2) is 4.98 Å². The average molecular weight is 348 g/mol. The van der Waals surface area contributed by atoms with Gasteiger partial charge in [-0.1, -0.05) is 43.0 Å². The van der Waals surface area contributed by atoms with Crippen molar-refractivity contribution < 1.29 is 4.79 Å². The Balaban J connectivity index is 2.09. The first-order valence-corrected chi connectivity index (χ1v) is 8.52. The lowest BCUT2D eigenvalue weighted by molar-refractivity contribution is -0.107. The van der Waals surface area contributed by atoms with Crippen molar-refractivity contribution in [3.8, 4) is 0 Å². The Bertz CT molecular complexity index is 971. The second-order valence-electron chi connectivity index (χ2n) is 6.66. The number of fused-ring (bicyclic) bond motifs is 1. The van der Waals surface area contributed by atoms with Gasteiger partial charge in [0.05, 0.1) is 5.70 Å². The van der Waals surface area contributed by atoms with E-state index in [2.05, 4.69) is 46.5 Å². The molecule has 2 aromatic carbocycles. The van der Waals surface area contributed by atoms with Gasteiger partial charge in [0.2, 0.25) is 6.41 Å². The number of nitrogens with zero attached hydrogens (tertiary/aromatic N) is 4. The van der Waals surface area contributed by atoms with Gasteiger partial charge in [-0.05, 0) is 29.3 Å². The van der Waals surface area contributed by atoms with Crippen LogP contribution in [0.1, 0.15) is 17.1 Å². The zero-order chi connectivity index (χ0) is 18.8. The number of hydrogen-bond donors (Lipinski definition) is 0. The van der Waals surface area contributed by atoms with E-state index in [0.29, 0.717) is 12.4 Å². The lowest BCUT2D eigenvalue weighted by Crippen LogP contribution is -2.20. The van der Waals surface area contributed by atoms with Crippen LogP contribution in [-0.4, -0.2) is 42.0 Å². The number of aryl methyl sites for hydroxylation is 1. The molecule has 26 heavy (non-hydrogen) atoms. The predicted octanol–water partition coefficient (Wildman–Crippen LogP) is 3.52. The van der Waals surface area contributed by atoms with Gasteiger partial charge in [0.25, 0.3) is 0 Å². The van der Waals surface area contributed by atoms with Crippen LogP contribution in [-0.2, 0) is 11.3 Å². The van der Waals surface area contributed by atoms with Gasteiger partial charge in [-0.15, -0.1) is 0 Å². The summed E-state index contributed by atoms with van der Waals surface area (Å²) in [5, 5.41) is 2.43. The van der Waals surface area contributed by atoms with E-state index in [1.807, 2.05) is 38.1 Å². The number of carbonyl (C=O) groups excluding carboxylic acids is 1. The van der Waals surface area contributed by atoms with Crippen LogP contribution in [0.4, 0.5) is 5.82 Å². The van der Waals surface area contributed by atoms with Crippen LogP contribution >= 0.6 is 0 Å². The lowest BCUT2D eigenvalue weighted by Gasteiger charge is -2.21. The molecule has 0 fully saturated rings. The van der Waals surface area contributed by atoms with E-state index in [-0.39, 0.29) is 0 Å². The van der Waals surface area contributed by atoms with E-state index < -0.39 is 0 Å². The van der Waals surface area contributed by atoms with Gasteiger partial charge in [0, 0.05) is 27.7 Å². The highest BCUT2D eigenvalue weighted by atomic mass is 16.1. The standard InChI is InChI=1S/C21H24N4O/c1-15(23(3)4)20-21(24(5)14-26)22-16(2)25(20)13-17-10-11-18-8-6-7-9-19(18)12-17/h6-12,14H,1,13H2,2-5H3. The van der Waals surface area contributed by atoms with Crippen molar-refractivity contribution in [2.75, 3.05) is 26.0 Å². The quantitative estimate of drug-likeness (QED) is 0.640. The SMILES string of the molecule is C=C(c1c(N(C)C=O)nc(C)n1Cc1ccc2ccccc2c1)N(C)C. The van der Waals surface area contributed by atoms with Crippen LogP contribution in [0.15, 0.2) is 49.0 Å². The molecule has 1 aromatic heterocycles. The number of imidazole rings is 1. The van der Waals surface area contributed by atoms with Crippen molar-refractivity contribution in [1.29, 1.82) is 0 Å². The van der Waals surface area contributed by atoms with Gasteiger partial charge < -0.3 is 14.4 Å². The number of benzene rings is 2. The molecule has 0 aliphatic carbocycles. The van der Waals surface area contributed by atoms with E-state index in [0.717, 1.165) is 23.6 Å². The molecule has 5 nitrogen and oxygen atoms in total. The summed E-state index contributed by atoms with van der Waals surface area (Å²) < 4.78 is 2.11. The Labute approximate surface area is 154 Å². The molecule has 0 radical (unpaired) electrons. The molecule has 0 saturated carbocycles. The maximum Gasteiger partial charge on any atom is 0.215 e. The van der Waals surface area contributed by atoms with Crippen LogP contribution in [0.5, 0.6) is 0 Å². The minimum Gasteiger partial charge on any atom is -0.376 e. The average Bonchev–Trinajstić information content (AvgIpc) is 2.96. The van der Waals surface area contributed by atoms with Gasteiger partial charge in [-0.3, -0.25) is 4.79 Å². The summed E-state index contributed by atoms with van der Waals surface area (Å²) in [5.41, 5.74) is 2.85. The molecule has 1 heterocycles. The first-order chi connectivity index (χ1) is 12.4. The molecule has 0 saturated heterocycles. The van der Waals surface area contributed by atoms with Crippen LogP contribution < -0.4 is 4.90 Å². The maximum absolute atomic E-state index is 11.3. The summed E-state index contributed by atoms with van der Waals surface area (Å²) in [7, 11) is 5.59. The molecule has 3 aromatic rings. The molecule has 134 valence electrons. The summed E-state index contributed by atoms with van der Waals surface area (Å²) >= 11 is 0. The van der Waals surface area contributed by atoms with Gasteiger partial charge in [-0.2, -0.15) is 0 Å². The minimum absolute atomic E-state index is 0.622. The zero-order valence-corrected chi connectivity index (χ0v) is 15.7. The van der Waals surface area contributed by atoms with E-state index in [1.54, 1.807) is 7.05 Å². The van der Waals surface area contributed by atoms with Crippen molar-refractivity contribution in [2.24, 2.45) is 0 Å². The number of aromatic nitrogens is 2. The second kappa shape index (κ2) is 7.04. The van der Waals surface area contributed by atoms with E-state index in [4.69, 9.17) is 0 Å². The molecule has 1 amide bonds. The fourth-order valence-electron chi connectivity index (χ4n) is 3.05. The normalized spacial score (nSPS) is 10.8. The minimum atomic E-state index is 0.622. The second-order valence-corrected chi connectivity index (χ2v) is 6.66. The Kier molecular flexibility index (Phi) is 4.80. The van der Waals surface area contributed by atoms with Crippen LogP contribution in [0.2, 0.25) is 0 Å². The first kappa shape index (κ1) is 17.7. The molecule has 3 rings (SSSR count). The maximum atomic E-state index is 11.3. The number of anilines is 1. The highest BCUT2D eigenvalue weighted by Crippen LogP contribution is 2.28. The summed E-state index contributed by atoms with van der Waals surface area (Å²) in [6.07, 6.45) is 0.772. The van der Waals surface area contributed by atoms with Crippen LogP contribution in [0.25, 0.3) is 16.5 Å². The highest BCUT2D eigenvalue weighted by Gasteiger charge is 2.21. The summed E-state index contributed by atoms with van der Waals surface area (Å²) in [6.45, 7) is 6.81. The van der Waals surface area contributed by atoms with Crippen molar-refractivity contribution in [3.05, 3.63) is 66.1 Å². The molecule has 0 unspecified atom stereocenters. The topological polar surface area (TPSA) is 41.4 Å². The number of amides is 1. The van der Waals surface area contributed by atoms with Gasteiger partial charge in [0.1, 0.15) is 11.5 Å². The molecule has 0 aliphatic rings. The van der Waals surface area contributed by atoms with E-state index >= 15 is 0 Å². The Morgan fingerprint density at radius 3 is 2.50 bits per heavy atom. The van der Waals surface area contributed by atoms with E-state index in [1.165, 1.54) is 21.2 Å². The third-order valence-corrected chi connectivity index (χ3v) is 4.60. The van der Waals surface area contributed by atoms with Crippen LogP contribution in [0, 0.1) is 6.92 Å². The molecule has 0 spiro atoms. The molecule has 0 N–H and O–H groups in total. The molecule has 5 heteroatoms. The Morgan fingerprint density at radius 1 is 1.15 bits per heavy atom. The zero-order valence-electron chi connectivity index (χ0n) is 15.7. The van der Waals surface area contributed by atoms with E-state index in [9.17, 15) is 4.79 Å². The van der Waals surface area contributed by atoms with Gasteiger partial charge in [0.15, 0.2) is 5.82 Å². The molecule has 0 aliphatic heterocycles. The smallest absolute Gasteiger partial charge is 0.215 e. The molecule has 0 bridgehead atoms. The molecule has 0 atom stereocenters. The van der Waals surface area contributed by atoms with Crippen LogP contribution in [0.3, 0.4) is 0 Å². The fourth-order valence-corrected chi connectivity index (χ4v) is 3.05.